The van der Waals surface area contributed by atoms with Gasteiger partial charge in [-0.1, -0.05) is 5.16 Å². The van der Waals surface area contributed by atoms with Gasteiger partial charge in [-0.25, -0.2) is 0 Å². The summed E-state index contributed by atoms with van der Waals surface area (Å²) in [5.41, 5.74) is 0.682. The molecule has 0 aliphatic carbocycles. The number of carboxylic acids is 1. The average molecular weight is 303 g/mol. The van der Waals surface area contributed by atoms with E-state index < -0.39 is 22.1 Å². The number of carbonyl (C=O) groups is 1. The molecule has 2 rings (SSSR count). The summed E-state index contributed by atoms with van der Waals surface area (Å²) in [7, 11) is -3.62. The van der Waals surface area contributed by atoms with Crippen molar-refractivity contribution >= 4 is 16.2 Å². The monoisotopic (exact) mass is 303 g/mol. The van der Waals surface area contributed by atoms with Crippen LogP contribution in [-0.4, -0.2) is 42.0 Å². The van der Waals surface area contributed by atoms with Crippen molar-refractivity contribution in [2.75, 3.05) is 13.1 Å². The molecular formula is C11H17N3O5S. The van der Waals surface area contributed by atoms with Crippen LogP contribution in [0.3, 0.4) is 0 Å². The summed E-state index contributed by atoms with van der Waals surface area (Å²) in [5, 5.41) is 12.5. The van der Waals surface area contributed by atoms with E-state index in [0.29, 0.717) is 24.3 Å². The van der Waals surface area contributed by atoms with Gasteiger partial charge in [0.25, 0.3) is 10.2 Å². The topological polar surface area (TPSA) is 113 Å². The number of nitrogens with one attached hydrogen (secondary N) is 1. The quantitative estimate of drug-likeness (QED) is 0.798. The van der Waals surface area contributed by atoms with Gasteiger partial charge in [0.1, 0.15) is 0 Å². The molecule has 0 saturated carbocycles. The highest BCUT2D eigenvalue weighted by atomic mass is 32.2. The lowest BCUT2D eigenvalue weighted by molar-refractivity contribution is -0.142. The smallest absolute Gasteiger partial charge is 0.306 e. The molecule has 0 amide bonds. The summed E-state index contributed by atoms with van der Waals surface area (Å²) >= 11 is 0. The SMILES string of the molecule is Cc1cc(CNS(=O)(=O)N2CCC(C(=O)O)CC2)on1. The number of carboxylic acid groups (broad SMARTS) is 1. The second kappa shape index (κ2) is 5.90. The maximum Gasteiger partial charge on any atom is 0.306 e. The predicted molar refractivity (Wildman–Crippen MR) is 68.9 cm³/mol. The minimum atomic E-state index is -3.62. The molecular weight excluding hydrogens is 286 g/mol. The number of aliphatic carboxylic acids is 1. The molecule has 0 bridgehead atoms. The zero-order valence-electron chi connectivity index (χ0n) is 11.1. The summed E-state index contributed by atoms with van der Waals surface area (Å²) in [6.45, 7) is 2.20. The second-order valence-electron chi connectivity index (χ2n) is 4.77. The zero-order valence-corrected chi connectivity index (χ0v) is 11.9. The van der Waals surface area contributed by atoms with Gasteiger partial charge in [-0.05, 0) is 19.8 Å². The molecule has 1 saturated heterocycles. The van der Waals surface area contributed by atoms with Crippen LogP contribution < -0.4 is 4.72 Å². The Hall–Kier alpha value is -1.45. The van der Waals surface area contributed by atoms with Gasteiger partial charge in [-0.15, -0.1) is 0 Å². The molecule has 20 heavy (non-hydrogen) atoms. The molecule has 1 aromatic heterocycles. The number of hydrogen-bond donors (Lipinski definition) is 2. The Morgan fingerprint density at radius 3 is 2.70 bits per heavy atom. The van der Waals surface area contributed by atoms with Crippen molar-refractivity contribution in [3.63, 3.8) is 0 Å². The summed E-state index contributed by atoms with van der Waals surface area (Å²) in [6, 6.07) is 1.65. The van der Waals surface area contributed by atoms with Crippen molar-refractivity contribution in [2.24, 2.45) is 5.92 Å². The normalized spacial score (nSPS) is 18.2. The summed E-state index contributed by atoms with van der Waals surface area (Å²) < 4.78 is 32.7. The Labute approximate surface area is 116 Å². The van der Waals surface area contributed by atoms with E-state index in [0.717, 1.165) is 0 Å². The van der Waals surface area contributed by atoms with Crippen LogP contribution in [0.1, 0.15) is 24.3 Å². The van der Waals surface area contributed by atoms with Crippen LogP contribution >= 0.6 is 0 Å². The third-order valence-electron chi connectivity index (χ3n) is 3.25. The largest absolute Gasteiger partial charge is 0.481 e. The molecule has 9 heteroatoms. The molecule has 1 aromatic rings. The zero-order chi connectivity index (χ0) is 14.8. The Morgan fingerprint density at radius 2 is 2.20 bits per heavy atom. The van der Waals surface area contributed by atoms with Gasteiger partial charge in [0.15, 0.2) is 5.76 Å². The van der Waals surface area contributed by atoms with Gasteiger partial charge in [0, 0.05) is 19.2 Å². The van der Waals surface area contributed by atoms with Gasteiger partial charge >= 0.3 is 5.97 Å². The van der Waals surface area contributed by atoms with Gasteiger partial charge < -0.3 is 9.63 Å². The van der Waals surface area contributed by atoms with E-state index in [4.69, 9.17) is 9.63 Å². The fourth-order valence-corrected chi connectivity index (χ4v) is 3.30. The molecule has 1 aliphatic rings. The number of piperidine rings is 1. The lowest BCUT2D eigenvalue weighted by atomic mass is 9.99. The van der Waals surface area contributed by atoms with E-state index in [2.05, 4.69) is 9.88 Å². The standard InChI is InChI=1S/C11H17N3O5S/c1-8-6-10(19-13-8)7-12-20(17,18)14-4-2-9(3-5-14)11(15)16/h6,9,12H,2-5,7H2,1H3,(H,15,16). The molecule has 1 aliphatic heterocycles. The third kappa shape index (κ3) is 3.56. The minimum absolute atomic E-state index is 0.0298. The average Bonchev–Trinajstić information content (AvgIpc) is 2.82. The Balaban J connectivity index is 1.89. The fourth-order valence-electron chi connectivity index (χ4n) is 2.10. The summed E-state index contributed by atoms with van der Waals surface area (Å²) in [6.07, 6.45) is 0.662. The molecule has 8 nitrogen and oxygen atoms in total. The van der Waals surface area contributed by atoms with Crippen LogP contribution in [-0.2, 0) is 21.5 Å². The van der Waals surface area contributed by atoms with Crippen LogP contribution in [0, 0.1) is 12.8 Å². The molecule has 0 radical (unpaired) electrons. The molecule has 2 N–H and O–H groups in total. The van der Waals surface area contributed by atoms with Gasteiger partial charge in [0.05, 0.1) is 18.2 Å². The van der Waals surface area contributed by atoms with Crippen LogP contribution in [0.2, 0.25) is 0 Å². The Bertz CT molecular complexity index is 575. The van der Waals surface area contributed by atoms with Crippen molar-refractivity contribution in [1.29, 1.82) is 0 Å². The number of aromatic nitrogens is 1. The van der Waals surface area contributed by atoms with E-state index in [1.807, 2.05) is 0 Å². The first-order valence-electron chi connectivity index (χ1n) is 6.28. The van der Waals surface area contributed by atoms with E-state index in [9.17, 15) is 13.2 Å². The number of rotatable bonds is 5. The second-order valence-corrected chi connectivity index (χ2v) is 6.53. The van der Waals surface area contributed by atoms with E-state index in [-0.39, 0.29) is 19.6 Å². The lowest BCUT2D eigenvalue weighted by Gasteiger charge is -2.29. The molecule has 2 heterocycles. The van der Waals surface area contributed by atoms with Crippen LogP contribution in [0.4, 0.5) is 0 Å². The predicted octanol–water partition coefficient (Wildman–Crippen LogP) is 0.114. The number of aryl methyl sites for hydroxylation is 1. The summed E-state index contributed by atoms with van der Waals surface area (Å²) in [4.78, 5) is 10.8. The van der Waals surface area contributed by atoms with Gasteiger partial charge in [-0.3, -0.25) is 4.79 Å². The first-order chi connectivity index (χ1) is 9.38. The molecule has 0 unspecified atom stereocenters. The van der Waals surface area contributed by atoms with Crippen molar-refractivity contribution in [2.45, 2.75) is 26.3 Å². The van der Waals surface area contributed by atoms with E-state index in [1.54, 1.807) is 13.0 Å². The number of hydrogen-bond acceptors (Lipinski definition) is 5. The molecule has 0 atom stereocenters. The van der Waals surface area contributed by atoms with Crippen molar-refractivity contribution in [1.82, 2.24) is 14.2 Å². The maximum absolute atomic E-state index is 12.0. The fraction of sp³-hybridized carbons (Fsp3) is 0.636. The van der Waals surface area contributed by atoms with Gasteiger partial charge in [-0.2, -0.15) is 17.4 Å². The highest BCUT2D eigenvalue weighted by Gasteiger charge is 2.30. The molecule has 1 fully saturated rings. The van der Waals surface area contributed by atoms with E-state index in [1.165, 1.54) is 4.31 Å². The van der Waals surface area contributed by atoms with Crippen LogP contribution in [0.5, 0.6) is 0 Å². The molecule has 112 valence electrons. The highest BCUT2D eigenvalue weighted by molar-refractivity contribution is 7.87. The third-order valence-corrected chi connectivity index (χ3v) is 4.80. The summed E-state index contributed by atoms with van der Waals surface area (Å²) in [5.74, 6) is -0.892. The van der Waals surface area contributed by atoms with Crippen molar-refractivity contribution in [3.8, 4) is 0 Å². The molecule has 0 spiro atoms. The number of nitrogens with zero attached hydrogens (tertiary/aromatic N) is 2. The minimum Gasteiger partial charge on any atom is -0.481 e. The Kier molecular flexibility index (Phi) is 4.41. The maximum atomic E-state index is 12.0. The van der Waals surface area contributed by atoms with Crippen molar-refractivity contribution < 1.29 is 22.8 Å². The highest BCUT2D eigenvalue weighted by Crippen LogP contribution is 2.19. The first-order valence-corrected chi connectivity index (χ1v) is 7.72. The van der Waals surface area contributed by atoms with E-state index >= 15 is 0 Å². The molecule has 0 aromatic carbocycles. The van der Waals surface area contributed by atoms with Crippen LogP contribution in [0.15, 0.2) is 10.6 Å². The van der Waals surface area contributed by atoms with Crippen molar-refractivity contribution in [3.05, 3.63) is 17.5 Å². The first kappa shape index (κ1) is 14.9. The van der Waals surface area contributed by atoms with Crippen LogP contribution in [0.25, 0.3) is 0 Å². The Morgan fingerprint density at radius 1 is 1.55 bits per heavy atom. The van der Waals surface area contributed by atoms with Gasteiger partial charge in [0.2, 0.25) is 0 Å². The lowest BCUT2D eigenvalue weighted by Crippen LogP contribution is -2.45.